The summed E-state index contributed by atoms with van der Waals surface area (Å²) in [6.07, 6.45) is 1.58. The normalized spacial score (nSPS) is 19.9. The van der Waals surface area contributed by atoms with Crippen molar-refractivity contribution in [3.8, 4) is 0 Å². The molecule has 0 spiro atoms. The molecule has 1 aliphatic carbocycles. The lowest BCUT2D eigenvalue weighted by molar-refractivity contribution is -0.139. The smallest absolute Gasteiger partial charge is 0.319 e. The van der Waals surface area contributed by atoms with Crippen molar-refractivity contribution in [2.75, 3.05) is 18.4 Å². The molecule has 1 fully saturated rings. The summed E-state index contributed by atoms with van der Waals surface area (Å²) < 4.78 is 0. The predicted molar refractivity (Wildman–Crippen MR) is 94.4 cm³/mol. The molecule has 3 N–H and O–H groups in total. The number of carbonyl (C=O) groups excluding carboxylic acids is 1. The Morgan fingerprint density at radius 3 is 2.62 bits per heavy atom. The first-order valence-corrected chi connectivity index (χ1v) is 8.52. The Labute approximate surface area is 143 Å². The van der Waals surface area contributed by atoms with E-state index in [1.54, 1.807) is 0 Å². The first-order chi connectivity index (χ1) is 11.4. The van der Waals surface area contributed by atoms with Gasteiger partial charge in [0, 0.05) is 17.8 Å². The van der Waals surface area contributed by atoms with Crippen LogP contribution in [0.4, 0.5) is 10.5 Å². The molecule has 1 aliphatic rings. The predicted octanol–water partition coefficient (Wildman–Crippen LogP) is 2.87. The Bertz CT molecular complexity index is 583. The number of amides is 2. The van der Waals surface area contributed by atoms with E-state index in [2.05, 4.69) is 24.5 Å². The summed E-state index contributed by atoms with van der Waals surface area (Å²) in [4.78, 5) is 24.9. The van der Waals surface area contributed by atoms with E-state index < -0.39 is 5.97 Å². The van der Waals surface area contributed by atoms with E-state index in [0.29, 0.717) is 12.5 Å². The maximum Gasteiger partial charge on any atom is 0.319 e. The number of nitrogens with zero attached hydrogens (tertiary/aromatic N) is 1. The quantitative estimate of drug-likeness (QED) is 0.716. The Kier molecular flexibility index (Phi) is 6.20. The molecule has 0 unspecified atom stereocenters. The molecular formula is C18H27N3O3. The standard InChI is InChI=1S/C18H27N3O3/c1-4-21(11-17(22)23)16-9-15(10-16)20-18(24)19-14-7-5-6-13(8-14)12(2)3/h5-8,12,15-16H,4,9-11H2,1-3H3,(H,22,23)(H2,19,20,24). The number of carboxylic acid groups (broad SMARTS) is 1. The van der Waals surface area contributed by atoms with Gasteiger partial charge in [-0.25, -0.2) is 4.79 Å². The van der Waals surface area contributed by atoms with Crippen LogP contribution in [-0.2, 0) is 4.79 Å². The summed E-state index contributed by atoms with van der Waals surface area (Å²) in [5.41, 5.74) is 1.97. The van der Waals surface area contributed by atoms with Crippen molar-refractivity contribution in [2.45, 2.75) is 51.6 Å². The number of anilines is 1. The zero-order chi connectivity index (χ0) is 17.7. The SMILES string of the molecule is CCN(CC(=O)O)C1CC(NC(=O)Nc2cccc(C(C)C)c2)C1. The third-order valence-electron chi connectivity index (χ3n) is 4.52. The van der Waals surface area contributed by atoms with Gasteiger partial charge < -0.3 is 15.7 Å². The van der Waals surface area contributed by atoms with Crippen LogP contribution in [0.15, 0.2) is 24.3 Å². The van der Waals surface area contributed by atoms with Crippen LogP contribution in [-0.4, -0.2) is 47.2 Å². The summed E-state index contributed by atoms with van der Waals surface area (Å²) >= 11 is 0. The number of hydrogen-bond donors (Lipinski definition) is 3. The van der Waals surface area contributed by atoms with E-state index >= 15 is 0 Å². The highest BCUT2D eigenvalue weighted by Crippen LogP contribution is 2.25. The molecule has 6 heteroatoms. The van der Waals surface area contributed by atoms with Gasteiger partial charge in [0.1, 0.15) is 0 Å². The highest BCUT2D eigenvalue weighted by Gasteiger charge is 2.34. The fraction of sp³-hybridized carbons (Fsp3) is 0.556. The van der Waals surface area contributed by atoms with E-state index in [-0.39, 0.29) is 24.7 Å². The van der Waals surface area contributed by atoms with Gasteiger partial charge in [0.25, 0.3) is 0 Å². The second kappa shape index (κ2) is 8.15. The van der Waals surface area contributed by atoms with Crippen LogP contribution in [0.25, 0.3) is 0 Å². The third-order valence-corrected chi connectivity index (χ3v) is 4.52. The summed E-state index contributed by atoms with van der Waals surface area (Å²) in [5.74, 6) is -0.396. The van der Waals surface area contributed by atoms with Crippen molar-refractivity contribution in [1.82, 2.24) is 10.2 Å². The van der Waals surface area contributed by atoms with Gasteiger partial charge in [-0.15, -0.1) is 0 Å². The summed E-state index contributed by atoms with van der Waals surface area (Å²) in [6, 6.07) is 7.98. The van der Waals surface area contributed by atoms with Crippen molar-refractivity contribution in [2.24, 2.45) is 0 Å². The number of rotatable bonds is 7. The first kappa shape index (κ1) is 18.3. The summed E-state index contributed by atoms with van der Waals surface area (Å²) in [5, 5.41) is 14.7. The Balaban J connectivity index is 1.78. The van der Waals surface area contributed by atoms with Crippen molar-refractivity contribution >= 4 is 17.7 Å². The number of likely N-dealkylation sites (N-methyl/N-ethyl adjacent to an activating group) is 1. The van der Waals surface area contributed by atoms with Gasteiger partial charge in [-0.3, -0.25) is 9.69 Å². The van der Waals surface area contributed by atoms with Gasteiger partial charge in [-0.1, -0.05) is 32.9 Å². The molecule has 0 heterocycles. The lowest BCUT2D eigenvalue weighted by Gasteiger charge is -2.42. The van der Waals surface area contributed by atoms with E-state index in [9.17, 15) is 9.59 Å². The minimum atomic E-state index is -0.809. The largest absolute Gasteiger partial charge is 0.480 e. The molecule has 0 radical (unpaired) electrons. The molecular weight excluding hydrogens is 306 g/mol. The zero-order valence-electron chi connectivity index (χ0n) is 14.6. The number of urea groups is 1. The van der Waals surface area contributed by atoms with Gasteiger partial charge in [-0.05, 0) is 43.0 Å². The number of hydrogen-bond acceptors (Lipinski definition) is 3. The van der Waals surface area contributed by atoms with Crippen molar-refractivity contribution in [1.29, 1.82) is 0 Å². The highest BCUT2D eigenvalue weighted by atomic mass is 16.4. The Hall–Kier alpha value is -2.08. The molecule has 1 aromatic carbocycles. The average molecular weight is 333 g/mol. The summed E-state index contributed by atoms with van der Waals surface area (Å²) in [6.45, 7) is 6.95. The van der Waals surface area contributed by atoms with Gasteiger partial charge >= 0.3 is 12.0 Å². The molecule has 0 aromatic heterocycles. The minimum Gasteiger partial charge on any atom is -0.480 e. The van der Waals surface area contributed by atoms with Gasteiger partial charge in [0.15, 0.2) is 0 Å². The molecule has 2 amide bonds. The monoisotopic (exact) mass is 333 g/mol. The second-order valence-electron chi connectivity index (χ2n) is 6.66. The first-order valence-electron chi connectivity index (χ1n) is 8.52. The molecule has 6 nitrogen and oxygen atoms in total. The Morgan fingerprint density at radius 2 is 2.04 bits per heavy atom. The lowest BCUT2D eigenvalue weighted by atomic mass is 9.85. The minimum absolute atomic E-state index is 0.0576. The number of carbonyl (C=O) groups is 2. The fourth-order valence-electron chi connectivity index (χ4n) is 3.00. The lowest BCUT2D eigenvalue weighted by Crippen LogP contribution is -2.55. The van der Waals surface area contributed by atoms with Crippen LogP contribution in [0.2, 0.25) is 0 Å². The molecule has 132 valence electrons. The van der Waals surface area contributed by atoms with Crippen molar-refractivity contribution in [3.63, 3.8) is 0 Å². The topological polar surface area (TPSA) is 81.7 Å². The molecule has 24 heavy (non-hydrogen) atoms. The number of nitrogens with one attached hydrogen (secondary N) is 2. The van der Waals surface area contributed by atoms with E-state index in [1.165, 1.54) is 5.56 Å². The van der Waals surface area contributed by atoms with Gasteiger partial charge in [0.2, 0.25) is 0 Å². The third kappa shape index (κ3) is 4.96. The van der Waals surface area contributed by atoms with Crippen LogP contribution < -0.4 is 10.6 Å². The molecule has 1 aromatic rings. The number of carboxylic acids is 1. The molecule has 0 aliphatic heterocycles. The van der Waals surface area contributed by atoms with E-state index in [4.69, 9.17) is 5.11 Å². The molecule has 1 saturated carbocycles. The molecule has 0 atom stereocenters. The van der Waals surface area contributed by atoms with Crippen LogP contribution in [0.5, 0.6) is 0 Å². The number of benzene rings is 1. The fourth-order valence-corrected chi connectivity index (χ4v) is 3.00. The van der Waals surface area contributed by atoms with E-state index in [0.717, 1.165) is 18.5 Å². The van der Waals surface area contributed by atoms with Crippen LogP contribution in [0.3, 0.4) is 0 Å². The second-order valence-corrected chi connectivity index (χ2v) is 6.66. The van der Waals surface area contributed by atoms with Gasteiger partial charge in [-0.2, -0.15) is 0 Å². The molecule has 0 saturated heterocycles. The average Bonchev–Trinajstić information content (AvgIpc) is 2.48. The van der Waals surface area contributed by atoms with Crippen LogP contribution in [0.1, 0.15) is 45.1 Å². The number of aliphatic carboxylic acids is 1. The van der Waals surface area contributed by atoms with Crippen LogP contribution in [0, 0.1) is 0 Å². The maximum atomic E-state index is 12.1. The molecule has 0 bridgehead atoms. The van der Waals surface area contributed by atoms with Crippen LogP contribution >= 0.6 is 0 Å². The Morgan fingerprint density at radius 1 is 1.33 bits per heavy atom. The maximum absolute atomic E-state index is 12.1. The zero-order valence-corrected chi connectivity index (χ0v) is 14.6. The van der Waals surface area contributed by atoms with Gasteiger partial charge in [0.05, 0.1) is 6.54 Å². The van der Waals surface area contributed by atoms with Crippen molar-refractivity contribution in [3.05, 3.63) is 29.8 Å². The molecule has 2 rings (SSSR count). The van der Waals surface area contributed by atoms with Crippen molar-refractivity contribution < 1.29 is 14.7 Å². The van der Waals surface area contributed by atoms with E-state index in [1.807, 2.05) is 36.1 Å². The highest BCUT2D eigenvalue weighted by molar-refractivity contribution is 5.89. The summed E-state index contributed by atoms with van der Waals surface area (Å²) in [7, 11) is 0.